The molecule has 2 N–H and O–H groups in total. The highest BCUT2D eigenvalue weighted by atomic mass is 16.2. The SMILES string of the molecule is N#Cc1ccc(NC(=O)CC(=O)Nc2ccccc2C#N)cc1. The fourth-order valence-electron chi connectivity index (χ4n) is 1.86. The molecule has 6 nitrogen and oxygen atoms in total. The molecule has 0 spiro atoms. The zero-order valence-electron chi connectivity index (χ0n) is 12.0. The van der Waals surface area contributed by atoms with Crippen LogP contribution in [-0.2, 0) is 9.59 Å². The predicted octanol–water partition coefficient (Wildman–Crippen LogP) is 2.40. The fraction of sp³-hybridized carbons (Fsp3) is 0.0588. The van der Waals surface area contributed by atoms with Crippen molar-refractivity contribution in [1.29, 1.82) is 10.5 Å². The van der Waals surface area contributed by atoms with Crippen LogP contribution in [-0.4, -0.2) is 11.8 Å². The standard InChI is InChI=1S/C17H12N4O2/c18-10-12-5-7-14(8-6-12)20-16(22)9-17(23)21-15-4-2-1-3-13(15)11-19/h1-8H,9H2,(H,20,22)(H,21,23). The summed E-state index contributed by atoms with van der Waals surface area (Å²) in [4.78, 5) is 23.7. The first-order chi connectivity index (χ1) is 11.1. The molecule has 0 aliphatic carbocycles. The van der Waals surface area contributed by atoms with Gasteiger partial charge in [-0.05, 0) is 36.4 Å². The van der Waals surface area contributed by atoms with Crippen molar-refractivity contribution in [3.63, 3.8) is 0 Å². The Morgan fingerprint density at radius 2 is 1.52 bits per heavy atom. The molecule has 0 saturated heterocycles. The third-order valence-electron chi connectivity index (χ3n) is 2.94. The van der Waals surface area contributed by atoms with Crippen LogP contribution in [0.5, 0.6) is 0 Å². The van der Waals surface area contributed by atoms with Crippen LogP contribution in [0, 0.1) is 22.7 Å². The third kappa shape index (κ3) is 4.42. The first kappa shape index (κ1) is 15.7. The fourth-order valence-corrected chi connectivity index (χ4v) is 1.86. The van der Waals surface area contributed by atoms with E-state index in [2.05, 4.69) is 10.6 Å². The van der Waals surface area contributed by atoms with Gasteiger partial charge in [-0.25, -0.2) is 0 Å². The molecule has 0 fully saturated rings. The van der Waals surface area contributed by atoms with Gasteiger partial charge >= 0.3 is 0 Å². The number of nitrogens with one attached hydrogen (secondary N) is 2. The van der Waals surface area contributed by atoms with Gasteiger partial charge in [0.25, 0.3) is 0 Å². The summed E-state index contributed by atoms with van der Waals surface area (Å²) in [6.45, 7) is 0. The number of amides is 2. The van der Waals surface area contributed by atoms with Crippen molar-refractivity contribution in [2.75, 3.05) is 10.6 Å². The molecule has 2 rings (SSSR count). The van der Waals surface area contributed by atoms with Crippen molar-refractivity contribution in [1.82, 2.24) is 0 Å². The maximum absolute atomic E-state index is 11.9. The molecule has 2 aromatic carbocycles. The van der Waals surface area contributed by atoms with Gasteiger partial charge in [-0.15, -0.1) is 0 Å². The minimum atomic E-state index is -0.515. The van der Waals surface area contributed by atoms with Crippen LogP contribution in [0.3, 0.4) is 0 Å². The molecule has 0 atom stereocenters. The largest absolute Gasteiger partial charge is 0.326 e. The predicted molar refractivity (Wildman–Crippen MR) is 84.2 cm³/mol. The van der Waals surface area contributed by atoms with E-state index in [0.717, 1.165) is 0 Å². The number of benzene rings is 2. The summed E-state index contributed by atoms with van der Waals surface area (Å²) >= 11 is 0. The van der Waals surface area contributed by atoms with Crippen molar-refractivity contribution < 1.29 is 9.59 Å². The second kappa shape index (κ2) is 7.39. The average molecular weight is 304 g/mol. The smallest absolute Gasteiger partial charge is 0.233 e. The van der Waals surface area contributed by atoms with Crippen LogP contribution in [0.1, 0.15) is 17.5 Å². The Morgan fingerprint density at radius 3 is 2.17 bits per heavy atom. The Bertz CT molecular complexity index is 814. The van der Waals surface area contributed by atoms with Gasteiger partial charge in [0.15, 0.2) is 0 Å². The summed E-state index contributed by atoms with van der Waals surface area (Å²) < 4.78 is 0. The molecular formula is C17H12N4O2. The van der Waals surface area contributed by atoms with Gasteiger partial charge in [0.05, 0.1) is 22.9 Å². The summed E-state index contributed by atoms with van der Waals surface area (Å²) in [5, 5.41) is 22.7. The van der Waals surface area contributed by atoms with E-state index in [1.54, 1.807) is 48.5 Å². The molecule has 0 unspecified atom stereocenters. The Hall–Kier alpha value is -3.64. The Balaban J connectivity index is 1.93. The van der Waals surface area contributed by atoms with Crippen LogP contribution >= 0.6 is 0 Å². The van der Waals surface area contributed by atoms with E-state index in [1.807, 2.05) is 12.1 Å². The molecule has 0 aliphatic heterocycles. The van der Waals surface area contributed by atoms with E-state index < -0.39 is 11.8 Å². The number of para-hydroxylation sites is 1. The highest BCUT2D eigenvalue weighted by Crippen LogP contribution is 2.14. The van der Waals surface area contributed by atoms with Crippen LogP contribution < -0.4 is 10.6 Å². The Labute approximate surface area is 133 Å². The average Bonchev–Trinajstić information content (AvgIpc) is 2.55. The number of hydrogen-bond donors (Lipinski definition) is 2. The molecule has 2 aromatic rings. The summed E-state index contributed by atoms with van der Waals surface area (Å²) in [5.41, 5.74) is 1.67. The van der Waals surface area contributed by atoms with Crippen LogP contribution in [0.15, 0.2) is 48.5 Å². The normalized spacial score (nSPS) is 9.30. The minimum Gasteiger partial charge on any atom is -0.326 e. The molecule has 0 heterocycles. The molecule has 2 amide bonds. The Morgan fingerprint density at radius 1 is 0.870 bits per heavy atom. The summed E-state index contributed by atoms with van der Waals surface area (Å²) in [5.74, 6) is -1.000. The quantitative estimate of drug-likeness (QED) is 0.846. The van der Waals surface area contributed by atoms with Crippen molar-refractivity contribution >= 4 is 23.2 Å². The number of hydrogen-bond acceptors (Lipinski definition) is 4. The third-order valence-corrected chi connectivity index (χ3v) is 2.94. The van der Waals surface area contributed by atoms with E-state index in [9.17, 15) is 9.59 Å². The second-order valence-corrected chi connectivity index (χ2v) is 4.62. The summed E-state index contributed by atoms with van der Waals surface area (Å²) in [6, 6.07) is 16.8. The van der Waals surface area contributed by atoms with Gasteiger partial charge < -0.3 is 10.6 Å². The number of anilines is 2. The lowest BCUT2D eigenvalue weighted by Crippen LogP contribution is -2.21. The van der Waals surface area contributed by atoms with Crippen LogP contribution in [0.4, 0.5) is 11.4 Å². The van der Waals surface area contributed by atoms with Gasteiger partial charge in [-0.2, -0.15) is 10.5 Å². The zero-order chi connectivity index (χ0) is 16.7. The van der Waals surface area contributed by atoms with E-state index in [0.29, 0.717) is 22.5 Å². The molecule has 0 aromatic heterocycles. The van der Waals surface area contributed by atoms with Gasteiger partial charge in [-0.1, -0.05) is 12.1 Å². The number of carbonyl (C=O) groups is 2. The molecule has 0 bridgehead atoms. The van der Waals surface area contributed by atoms with Crippen molar-refractivity contribution in [3.05, 3.63) is 59.7 Å². The summed E-state index contributed by atoms with van der Waals surface area (Å²) in [7, 11) is 0. The lowest BCUT2D eigenvalue weighted by atomic mass is 10.2. The van der Waals surface area contributed by atoms with E-state index in [1.165, 1.54) is 0 Å². The van der Waals surface area contributed by atoms with E-state index in [-0.39, 0.29) is 6.42 Å². The molecule has 23 heavy (non-hydrogen) atoms. The van der Waals surface area contributed by atoms with Crippen molar-refractivity contribution in [2.24, 2.45) is 0 Å². The maximum atomic E-state index is 11.9. The number of carbonyl (C=O) groups excluding carboxylic acids is 2. The maximum Gasteiger partial charge on any atom is 0.233 e. The number of rotatable bonds is 4. The van der Waals surface area contributed by atoms with Gasteiger partial charge in [0.2, 0.25) is 11.8 Å². The molecule has 0 saturated carbocycles. The van der Waals surface area contributed by atoms with Gasteiger partial charge in [0, 0.05) is 5.69 Å². The van der Waals surface area contributed by atoms with Crippen LogP contribution in [0.2, 0.25) is 0 Å². The lowest BCUT2D eigenvalue weighted by molar-refractivity contribution is -0.123. The van der Waals surface area contributed by atoms with Crippen LogP contribution in [0.25, 0.3) is 0 Å². The van der Waals surface area contributed by atoms with E-state index >= 15 is 0 Å². The molecular weight excluding hydrogens is 292 g/mol. The summed E-state index contributed by atoms with van der Waals surface area (Å²) in [6.07, 6.45) is -0.375. The highest BCUT2D eigenvalue weighted by molar-refractivity contribution is 6.08. The lowest BCUT2D eigenvalue weighted by Gasteiger charge is -2.07. The zero-order valence-corrected chi connectivity index (χ0v) is 12.0. The molecule has 112 valence electrons. The first-order valence-corrected chi connectivity index (χ1v) is 6.71. The van der Waals surface area contributed by atoms with Crippen molar-refractivity contribution in [2.45, 2.75) is 6.42 Å². The Kier molecular flexibility index (Phi) is 5.06. The van der Waals surface area contributed by atoms with Gasteiger partial charge in [0.1, 0.15) is 12.5 Å². The topological polar surface area (TPSA) is 106 Å². The van der Waals surface area contributed by atoms with Gasteiger partial charge in [-0.3, -0.25) is 9.59 Å². The molecule has 0 aliphatic rings. The highest BCUT2D eigenvalue weighted by Gasteiger charge is 2.11. The molecule has 6 heteroatoms. The molecule has 0 radical (unpaired) electrons. The second-order valence-electron chi connectivity index (χ2n) is 4.62. The minimum absolute atomic E-state index is 0.327. The first-order valence-electron chi connectivity index (χ1n) is 6.71. The van der Waals surface area contributed by atoms with Crippen molar-refractivity contribution in [3.8, 4) is 12.1 Å². The monoisotopic (exact) mass is 304 g/mol. The number of nitriles is 2. The van der Waals surface area contributed by atoms with E-state index in [4.69, 9.17) is 10.5 Å². The number of nitrogens with zero attached hydrogens (tertiary/aromatic N) is 2.